The molecule has 1 atom stereocenters. The first kappa shape index (κ1) is 20.6. The summed E-state index contributed by atoms with van der Waals surface area (Å²) in [6.45, 7) is 0.717. The highest BCUT2D eigenvalue weighted by atomic mass is 19.2. The van der Waals surface area contributed by atoms with Crippen LogP contribution in [0.2, 0.25) is 0 Å². The van der Waals surface area contributed by atoms with Crippen LogP contribution in [0.15, 0.2) is 66.5 Å². The van der Waals surface area contributed by atoms with Gasteiger partial charge in [0.05, 0.1) is 11.6 Å². The highest BCUT2D eigenvalue weighted by Gasteiger charge is 2.47. The number of aromatic nitrogens is 1. The lowest BCUT2D eigenvalue weighted by Gasteiger charge is -2.25. The van der Waals surface area contributed by atoms with Crippen LogP contribution < -0.4 is 14.4 Å². The van der Waals surface area contributed by atoms with Crippen molar-refractivity contribution < 1.29 is 33.0 Å². The van der Waals surface area contributed by atoms with Gasteiger partial charge in [-0.1, -0.05) is 0 Å². The first-order valence-electron chi connectivity index (χ1n) is 10.0. The molecule has 5 rings (SSSR count). The number of nitrogens with zero attached hydrogens (tertiary/aromatic N) is 2. The molecule has 0 aliphatic carbocycles. The molecule has 7 nitrogen and oxygen atoms in total. The zero-order valence-corrected chi connectivity index (χ0v) is 17.0. The Labute approximate surface area is 186 Å². The maximum Gasteiger partial charge on any atom is 0.300 e. The minimum atomic E-state index is -1.17. The predicted molar refractivity (Wildman–Crippen MR) is 113 cm³/mol. The topological polar surface area (TPSA) is 89.0 Å². The van der Waals surface area contributed by atoms with E-state index in [0.29, 0.717) is 30.3 Å². The number of benzene rings is 2. The van der Waals surface area contributed by atoms with Crippen molar-refractivity contribution in [3.63, 3.8) is 0 Å². The van der Waals surface area contributed by atoms with Crippen LogP contribution in [0.25, 0.3) is 5.76 Å². The molecule has 1 saturated heterocycles. The standard InChI is InChI=1S/C24H16F2N2O5/c25-16-3-2-15(12-17(16)26)28-21(13-5-7-27-8-6-13)20(23(30)24(28)31)22(29)14-1-4-18-19(11-14)33-10-9-32-18/h1-8,11-12,21,29H,9-10H2/b22-20-. The highest BCUT2D eigenvalue weighted by Crippen LogP contribution is 2.43. The highest BCUT2D eigenvalue weighted by molar-refractivity contribution is 6.51. The molecule has 166 valence electrons. The number of rotatable bonds is 3. The number of carbonyl (C=O) groups excluding carboxylic acids is 2. The Morgan fingerprint density at radius 2 is 1.67 bits per heavy atom. The van der Waals surface area contributed by atoms with Crippen LogP contribution in [0.3, 0.4) is 0 Å². The van der Waals surface area contributed by atoms with E-state index in [9.17, 15) is 23.5 Å². The fraction of sp³-hybridized carbons (Fsp3) is 0.125. The molecule has 3 aromatic rings. The van der Waals surface area contributed by atoms with Gasteiger partial charge in [0, 0.05) is 29.7 Å². The van der Waals surface area contributed by atoms with Crippen LogP contribution in [0.5, 0.6) is 11.5 Å². The largest absolute Gasteiger partial charge is 0.507 e. The number of hydrogen-bond acceptors (Lipinski definition) is 6. The summed E-state index contributed by atoms with van der Waals surface area (Å²) in [6, 6.07) is 9.59. The molecule has 0 bridgehead atoms. The number of halogens is 2. The van der Waals surface area contributed by atoms with Crippen molar-refractivity contribution in [1.82, 2.24) is 4.98 Å². The number of fused-ring (bicyclic) bond motifs is 1. The third-order valence-electron chi connectivity index (χ3n) is 5.46. The zero-order chi connectivity index (χ0) is 23.1. The number of Topliss-reactive ketones (excluding diaryl/α,β-unsaturated/α-hetero) is 1. The summed E-state index contributed by atoms with van der Waals surface area (Å²) in [4.78, 5) is 31.1. The minimum absolute atomic E-state index is 0.0287. The van der Waals surface area contributed by atoms with Gasteiger partial charge in [0.2, 0.25) is 0 Å². The number of ketones is 1. The number of ether oxygens (including phenoxy) is 2. The molecule has 9 heteroatoms. The van der Waals surface area contributed by atoms with Crippen molar-refractivity contribution in [2.45, 2.75) is 6.04 Å². The molecule has 1 N–H and O–H groups in total. The van der Waals surface area contributed by atoms with Crippen LogP contribution >= 0.6 is 0 Å². The molecule has 33 heavy (non-hydrogen) atoms. The number of aliphatic hydroxyl groups is 1. The summed E-state index contributed by atoms with van der Waals surface area (Å²) in [5, 5.41) is 11.1. The lowest BCUT2D eigenvalue weighted by molar-refractivity contribution is -0.132. The molecule has 1 amide bonds. The van der Waals surface area contributed by atoms with Gasteiger partial charge in [-0.15, -0.1) is 0 Å². The fourth-order valence-electron chi connectivity index (χ4n) is 3.94. The summed E-state index contributed by atoms with van der Waals surface area (Å²) in [7, 11) is 0. The van der Waals surface area contributed by atoms with Gasteiger partial charge in [-0.3, -0.25) is 19.5 Å². The van der Waals surface area contributed by atoms with Crippen LogP contribution in [0.4, 0.5) is 14.5 Å². The third-order valence-corrected chi connectivity index (χ3v) is 5.46. The molecule has 2 aromatic carbocycles. The summed E-state index contributed by atoms with van der Waals surface area (Å²) < 4.78 is 38.5. The van der Waals surface area contributed by atoms with Gasteiger partial charge in [-0.2, -0.15) is 0 Å². The van der Waals surface area contributed by atoms with E-state index >= 15 is 0 Å². The molecular weight excluding hydrogens is 434 g/mol. The monoisotopic (exact) mass is 450 g/mol. The quantitative estimate of drug-likeness (QED) is 0.371. The van der Waals surface area contributed by atoms with Crippen molar-refractivity contribution >= 4 is 23.1 Å². The van der Waals surface area contributed by atoms with E-state index in [1.165, 1.54) is 30.6 Å². The SMILES string of the molecule is O=C1C(=O)N(c2ccc(F)c(F)c2)C(c2ccncc2)/C1=C(/O)c1ccc2c(c1)OCCO2. The molecule has 0 saturated carbocycles. The second-order valence-corrected chi connectivity index (χ2v) is 7.41. The predicted octanol–water partition coefficient (Wildman–Crippen LogP) is 3.76. The van der Waals surface area contributed by atoms with Crippen LogP contribution in [-0.2, 0) is 9.59 Å². The van der Waals surface area contributed by atoms with Crippen LogP contribution in [0.1, 0.15) is 17.2 Å². The van der Waals surface area contributed by atoms with Crippen molar-refractivity contribution in [2.75, 3.05) is 18.1 Å². The third kappa shape index (κ3) is 3.47. The lowest BCUT2D eigenvalue weighted by atomic mass is 9.95. The van der Waals surface area contributed by atoms with E-state index in [2.05, 4.69) is 4.98 Å². The van der Waals surface area contributed by atoms with Gasteiger partial charge in [0.15, 0.2) is 23.1 Å². The van der Waals surface area contributed by atoms with Gasteiger partial charge >= 0.3 is 0 Å². The second kappa shape index (κ2) is 8.01. The maximum absolute atomic E-state index is 14.0. The molecular formula is C24H16F2N2O5. The van der Waals surface area contributed by atoms with E-state index in [1.54, 1.807) is 18.2 Å². The average molecular weight is 450 g/mol. The van der Waals surface area contributed by atoms with Crippen molar-refractivity contribution in [3.8, 4) is 11.5 Å². The van der Waals surface area contributed by atoms with Gasteiger partial charge in [-0.05, 0) is 48.0 Å². The summed E-state index contributed by atoms with van der Waals surface area (Å²) in [5.41, 5.74) is 0.460. The molecule has 1 aromatic heterocycles. The van der Waals surface area contributed by atoms with Gasteiger partial charge in [0.25, 0.3) is 11.7 Å². The summed E-state index contributed by atoms with van der Waals surface area (Å²) >= 11 is 0. The van der Waals surface area contributed by atoms with E-state index in [0.717, 1.165) is 17.0 Å². The lowest BCUT2D eigenvalue weighted by Crippen LogP contribution is -2.29. The Hall–Kier alpha value is -4.27. The van der Waals surface area contributed by atoms with E-state index in [-0.39, 0.29) is 16.8 Å². The summed E-state index contributed by atoms with van der Waals surface area (Å²) in [5.74, 6) is -3.76. The van der Waals surface area contributed by atoms with Crippen molar-refractivity contribution in [2.24, 2.45) is 0 Å². The Morgan fingerprint density at radius 3 is 2.39 bits per heavy atom. The molecule has 2 aliphatic heterocycles. The van der Waals surface area contributed by atoms with Crippen molar-refractivity contribution in [1.29, 1.82) is 0 Å². The zero-order valence-electron chi connectivity index (χ0n) is 17.0. The number of aliphatic hydroxyl groups excluding tert-OH is 1. The number of carbonyl (C=O) groups is 2. The Morgan fingerprint density at radius 1 is 0.939 bits per heavy atom. The number of hydrogen-bond donors (Lipinski definition) is 1. The molecule has 1 unspecified atom stereocenters. The first-order valence-corrected chi connectivity index (χ1v) is 10.0. The van der Waals surface area contributed by atoms with E-state index < -0.39 is 35.1 Å². The van der Waals surface area contributed by atoms with Gasteiger partial charge in [-0.25, -0.2) is 8.78 Å². The molecule has 0 radical (unpaired) electrons. The normalized spacial score (nSPS) is 19.1. The van der Waals surface area contributed by atoms with Crippen LogP contribution in [0, 0.1) is 11.6 Å². The smallest absolute Gasteiger partial charge is 0.300 e. The van der Waals surface area contributed by atoms with Crippen molar-refractivity contribution in [3.05, 3.63) is 89.3 Å². The Balaban J connectivity index is 1.69. The molecule has 1 fully saturated rings. The minimum Gasteiger partial charge on any atom is -0.507 e. The number of pyridine rings is 1. The van der Waals surface area contributed by atoms with E-state index in [4.69, 9.17) is 9.47 Å². The molecule has 3 heterocycles. The van der Waals surface area contributed by atoms with Gasteiger partial charge < -0.3 is 14.6 Å². The first-order chi connectivity index (χ1) is 16.0. The van der Waals surface area contributed by atoms with E-state index in [1.807, 2.05) is 0 Å². The van der Waals surface area contributed by atoms with Gasteiger partial charge in [0.1, 0.15) is 19.0 Å². The molecule has 2 aliphatic rings. The fourth-order valence-corrected chi connectivity index (χ4v) is 3.94. The summed E-state index contributed by atoms with van der Waals surface area (Å²) in [6.07, 6.45) is 2.93. The number of amides is 1. The average Bonchev–Trinajstić information content (AvgIpc) is 3.11. The Bertz CT molecular complexity index is 1310. The number of anilines is 1. The second-order valence-electron chi connectivity index (χ2n) is 7.41. The Kier molecular flexibility index (Phi) is 5.01. The molecule has 0 spiro atoms. The van der Waals surface area contributed by atoms with Crippen LogP contribution in [-0.4, -0.2) is 35.0 Å². The maximum atomic E-state index is 14.0.